The lowest BCUT2D eigenvalue weighted by molar-refractivity contribution is 0.0864. The van der Waals surface area contributed by atoms with Gasteiger partial charge in [0.05, 0.1) is 13.3 Å². The summed E-state index contributed by atoms with van der Waals surface area (Å²) in [6, 6.07) is 4.77. The maximum absolute atomic E-state index is 13.8. The second-order valence-corrected chi connectivity index (χ2v) is 5.64. The maximum atomic E-state index is 13.8. The summed E-state index contributed by atoms with van der Waals surface area (Å²) in [5, 5.41) is 15.3. The Bertz CT molecular complexity index is 648. The predicted molar refractivity (Wildman–Crippen MR) is 79.0 cm³/mol. The van der Waals surface area contributed by atoms with Crippen molar-refractivity contribution in [1.82, 2.24) is 9.78 Å². The summed E-state index contributed by atoms with van der Waals surface area (Å²) in [6.45, 7) is 7.23. The molecule has 1 heterocycles. The first-order valence-corrected chi connectivity index (χ1v) is 6.90. The summed E-state index contributed by atoms with van der Waals surface area (Å²) in [6.07, 6.45) is 1.56. The largest absolute Gasteiger partial charge is 0.493 e. The highest BCUT2D eigenvalue weighted by Crippen LogP contribution is 2.37. The first kappa shape index (κ1) is 15.5. The fourth-order valence-corrected chi connectivity index (χ4v) is 2.38. The van der Waals surface area contributed by atoms with E-state index >= 15 is 0 Å². The van der Waals surface area contributed by atoms with Crippen LogP contribution in [0.15, 0.2) is 24.4 Å². The van der Waals surface area contributed by atoms with Crippen molar-refractivity contribution < 1.29 is 14.2 Å². The van der Waals surface area contributed by atoms with E-state index in [0.29, 0.717) is 22.6 Å². The zero-order valence-corrected chi connectivity index (χ0v) is 13.0. The second-order valence-electron chi connectivity index (χ2n) is 5.64. The monoisotopic (exact) mass is 292 g/mol. The molecule has 2 rings (SSSR count). The third kappa shape index (κ3) is 2.65. The lowest BCUT2D eigenvalue weighted by Crippen LogP contribution is -2.28. The van der Waals surface area contributed by atoms with Crippen molar-refractivity contribution in [2.75, 3.05) is 7.11 Å². The van der Waals surface area contributed by atoms with Crippen LogP contribution in [0.4, 0.5) is 4.39 Å². The maximum Gasteiger partial charge on any atom is 0.163 e. The number of ether oxygens (including phenoxy) is 1. The molecule has 0 radical (unpaired) electrons. The average Bonchev–Trinajstić information content (AvgIpc) is 2.86. The minimum atomic E-state index is -1.40. The molecule has 5 heteroatoms. The number of halogens is 1. The molecule has 0 aliphatic carbocycles. The molecule has 0 aliphatic heterocycles. The molecule has 2 aromatic rings. The molecule has 0 fully saturated rings. The fraction of sp³-hybridized carbons (Fsp3) is 0.438. The van der Waals surface area contributed by atoms with Crippen molar-refractivity contribution in [1.29, 1.82) is 0 Å². The van der Waals surface area contributed by atoms with Crippen molar-refractivity contribution in [2.45, 2.75) is 39.3 Å². The van der Waals surface area contributed by atoms with E-state index in [4.69, 9.17) is 4.74 Å². The van der Waals surface area contributed by atoms with Gasteiger partial charge >= 0.3 is 0 Å². The number of aromatic nitrogens is 2. The van der Waals surface area contributed by atoms with E-state index in [1.54, 1.807) is 36.9 Å². The standard InChI is InChI=1S/C16H21FN2O2/c1-10(2)19-15(14(21-5)9-18-19)16(4,20)12-7-6-11(3)13(17)8-12/h6-10,20H,1-5H3. The molecule has 114 valence electrons. The van der Waals surface area contributed by atoms with Crippen LogP contribution in [0.5, 0.6) is 5.75 Å². The summed E-state index contributed by atoms with van der Waals surface area (Å²) in [5.41, 5.74) is 0.120. The molecular formula is C16H21FN2O2. The Labute approximate surface area is 124 Å². The van der Waals surface area contributed by atoms with E-state index in [1.165, 1.54) is 13.2 Å². The van der Waals surface area contributed by atoms with Crippen LogP contribution in [0.2, 0.25) is 0 Å². The van der Waals surface area contributed by atoms with Crippen molar-refractivity contribution in [3.8, 4) is 5.75 Å². The molecule has 21 heavy (non-hydrogen) atoms. The van der Waals surface area contributed by atoms with Crippen LogP contribution in [0.3, 0.4) is 0 Å². The number of aryl methyl sites for hydroxylation is 1. The fourth-order valence-electron chi connectivity index (χ4n) is 2.38. The molecule has 1 atom stereocenters. The smallest absolute Gasteiger partial charge is 0.163 e. The summed E-state index contributed by atoms with van der Waals surface area (Å²) in [4.78, 5) is 0. The van der Waals surface area contributed by atoms with Gasteiger partial charge in [-0.25, -0.2) is 4.39 Å². The van der Waals surface area contributed by atoms with E-state index in [0.717, 1.165) is 0 Å². The lowest BCUT2D eigenvalue weighted by atomic mass is 9.91. The quantitative estimate of drug-likeness (QED) is 0.941. The van der Waals surface area contributed by atoms with Gasteiger partial charge in [0, 0.05) is 6.04 Å². The molecule has 0 spiro atoms. The molecule has 1 aromatic carbocycles. The zero-order valence-electron chi connectivity index (χ0n) is 13.0. The van der Waals surface area contributed by atoms with Gasteiger partial charge in [0.1, 0.15) is 17.1 Å². The number of rotatable bonds is 4. The van der Waals surface area contributed by atoms with Crippen LogP contribution in [0.25, 0.3) is 0 Å². The van der Waals surface area contributed by atoms with Crippen molar-refractivity contribution in [3.05, 3.63) is 47.0 Å². The number of methoxy groups -OCH3 is 1. The summed E-state index contributed by atoms with van der Waals surface area (Å²) in [7, 11) is 1.52. The Balaban J connectivity index is 2.62. The number of benzene rings is 1. The van der Waals surface area contributed by atoms with E-state index in [-0.39, 0.29) is 11.9 Å². The third-order valence-corrected chi connectivity index (χ3v) is 3.67. The van der Waals surface area contributed by atoms with Gasteiger partial charge in [-0.3, -0.25) is 4.68 Å². The highest BCUT2D eigenvalue weighted by molar-refractivity contribution is 5.40. The Morgan fingerprint density at radius 1 is 1.38 bits per heavy atom. The highest BCUT2D eigenvalue weighted by atomic mass is 19.1. The van der Waals surface area contributed by atoms with Crippen LogP contribution in [0, 0.1) is 12.7 Å². The molecular weight excluding hydrogens is 271 g/mol. The highest BCUT2D eigenvalue weighted by Gasteiger charge is 2.34. The number of nitrogens with zero attached hydrogens (tertiary/aromatic N) is 2. The molecule has 0 bridgehead atoms. The van der Waals surface area contributed by atoms with Gasteiger partial charge in [0.15, 0.2) is 5.75 Å². The van der Waals surface area contributed by atoms with Gasteiger partial charge in [-0.2, -0.15) is 5.10 Å². The molecule has 1 unspecified atom stereocenters. The van der Waals surface area contributed by atoms with Gasteiger partial charge in [-0.15, -0.1) is 0 Å². The van der Waals surface area contributed by atoms with Gasteiger partial charge < -0.3 is 9.84 Å². The number of aliphatic hydroxyl groups is 1. The molecule has 0 saturated heterocycles. The van der Waals surface area contributed by atoms with Crippen molar-refractivity contribution in [2.24, 2.45) is 0 Å². The number of hydrogen-bond acceptors (Lipinski definition) is 3. The molecule has 0 saturated carbocycles. The third-order valence-electron chi connectivity index (χ3n) is 3.67. The first-order chi connectivity index (χ1) is 9.78. The van der Waals surface area contributed by atoms with Crippen LogP contribution >= 0.6 is 0 Å². The SMILES string of the molecule is COc1cnn(C(C)C)c1C(C)(O)c1ccc(C)c(F)c1. The Morgan fingerprint density at radius 3 is 2.57 bits per heavy atom. The molecule has 0 amide bonds. The van der Waals surface area contributed by atoms with Crippen LogP contribution in [-0.2, 0) is 5.60 Å². The van der Waals surface area contributed by atoms with Crippen LogP contribution in [-0.4, -0.2) is 22.0 Å². The molecule has 1 N–H and O–H groups in total. The van der Waals surface area contributed by atoms with E-state index < -0.39 is 5.60 Å². The minimum Gasteiger partial charge on any atom is -0.493 e. The molecule has 1 aromatic heterocycles. The van der Waals surface area contributed by atoms with Crippen LogP contribution in [0.1, 0.15) is 43.6 Å². The molecule has 0 aliphatic rings. The van der Waals surface area contributed by atoms with Gasteiger partial charge in [-0.05, 0) is 44.9 Å². The van der Waals surface area contributed by atoms with E-state index in [2.05, 4.69) is 5.10 Å². The Kier molecular flexibility index (Phi) is 4.05. The Hall–Kier alpha value is -1.88. The topological polar surface area (TPSA) is 47.3 Å². The van der Waals surface area contributed by atoms with Crippen molar-refractivity contribution in [3.63, 3.8) is 0 Å². The average molecular weight is 292 g/mol. The van der Waals surface area contributed by atoms with Gasteiger partial charge in [-0.1, -0.05) is 12.1 Å². The predicted octanol–water partition coefficient (Wildman–Crippen LogP) is 3.18. The first-order valence-electron chi connectivity index (χ1n) is 6.90. The van der Waals surface area contributed by atoms with E-state index in [1.807, 2.05) is 13.8 Å². The zero-order chi connectivity index (χ0) is 15.8. The van der Waals surface area contributed by atoms with Gasteiger partial charge in [0.25, 0.3) is 0 Å². The van der Waals surface area contributed by atoms with Crippen LogP contribution < -0.4 is 4.74 Å². The number of hydrogen-bond donors (Lipinski definition) is 1. The summed E-state index contributed by atoms with van der Waals surface area (Å²) < 4.78 is 20.8. The van der Waals surface area contributed by atoms with Gasteiger partial charge in [0.2, 0.25) is 0 Å². The Morgan fingerprint density at radius 2 is 2.05 bits per heavy atom. The normalized spacial score (nSPS) is 14.3. The molecule has 4 nitrogen and oxygen atoms in total. The van der Waals surface area contributed by atoms with E-state index in [9.17, 15) is 9.50 Å². The minimum absolute atomic E-state index is 0.0469. The van der Waals surface area contributed by atoms with Crippen molar-refractivity contribution >= 4 is 0 Å². The lowest BCUT2D eigenvalue weighted by Gasteiger charge is -2.27. The summed E-state index contributed by atoms with van der Waals surface area (Å²) in [5.74, 6) is 0.136. The summed E-state index contributed by atoms with van der Waals surface area (Å²) >= 11 is 0. The second kappa shape index (κ2) is 5.48.